The summed E-state index contributed by atoms with van der Waals surface area (Å²) in [5.74, 6) is 0.687. The summed E-state index contributed by atoms with van der Waals surface area (Å²) in [7, 11) is 1.63. The Bertz CT molecular complexity index is 1150. The molecule has 0 bridgehead atoms. The summed E-state index contributed by atoms with van der Waals surface area (Å²) in [5.41, 5.74) is 4.31. The monoisotopic (exact) mass is 402 g/mol. The van der Waals surface area contributed by atoms with Crippen molar-refractivity contribution in [3.8, 4) is 17.0 Å². The predicted octanol–water partition coefficient (Wildman–Crippen LogP) is 5.46. The zero-order valence-corrected chi connectivity index (χ0v) is 17.3. The molecule has 1 amide bonds. The topological polar surface area (TPSA) is 51.2 Å². The summed E-state index contributed by atoms with van der Waals surface area (Å²) in [4.78, 5) is 18.9. The third-order valence-corrected chi connectivity index (χ3v) is 5.90. The molecular formula is C24H22N2O2S. The van der Waals surface area contributed by atoms with E-state index in [1.54, 1.807) is 7.11 Å². The third kappa shape index (κ3) is 4.30. The van der Waals surface area contributed by atoms with E-state index in [1.165, 1.54) is 16.9 Å². The molecule has 0 aliphatic heterocycles. The summed E-state index contributed by atoms with van der Waals surface area (Å²) in [6.45, 7) is 2.60. The third-order valence-electron chi connectivity index (χ3n) is 4.85. The van der Waals surface area contributed by atoms with Gasteiger partial charge in [0.05, 0.1) is 17.7 Å². The second-order valence-electron chi connectivity index (χ2n) is 6.79. The van der Waals surface area contributed by atoms with Gasteiger partial charge in [-0.1, -0.05) is 43.3 Å². The number of ether oxygens (including phenoxy) is 1. The summed E-state index contributed by atoms with van der Waals surface area (Å²) < 4.78 is 5.23. The largest absolute Gasteiger partial charge is 0.497 e. The van der Waals surface area contributed by atoms with Crippen LogP contribution >= 0.6 is 11.3 Å². The van der Waals surface area contributed by atoms with Crippen LogP contribution in [0.3, 0.4) is 0 Å². The second-order valence-corrected chi connectivity index (χ2v) is 7.82. The number of aryl methyl sites for hydroxylation is 1. The molecule has 4 aromatic rings. The molecule has 0 unspecified atom stereocenters. The molecule has 2 aromatic heterocycles. The van der Waals surface area contributed by atoms with E-state index < -0.39 is 0 Å². The summed E-state index contributed by atoms with van der Waals surface area (Å²) in [6.07, 6.45) is 1.02. The average molecular weight is 403 g/mol. The van der Waals surface area contributed by atoms with Crippen LogP contribution in [0.2, 0.25) is 0 Å². The van der Waals surface area contributed by atoms with Crippen molar-refractivity contribution >= 4 is 27.5 Å². The van der Waals surface area contributed by atoms with Crippen LogP contribution in [0.1, 0.15) is 27.7 Å². The number of thiophene rings is 1. The second kappa shape index (κ2) is 8.45. The number of nitrogens with zero attached hydrogens (tertiary/aromatic N) is 1. The van der Waals surface area contributed by atoms with Crippen LogP contribution in [0.4, 0.5) is 0 Å². The fourth-order valence-corrected chi connectivity index (χ4v) is 4.10. The summed E-state index contributed by atoms with van der Waals surface area (Å²) >= 11 is 1.42. The quantitative estimate of drug-likeness (QED) is 0.466. The van der Waals surface area contributed by atoms with E-state index in [-0.39, 0.29) is 5.91 Å². The van der Waals surface area contributed by atoms with Gasteiger partial charge in [0.2, 0.25) is 0 Å². The Balaban J connectivity index is 1.51. The van der Waals surface area contributed by atoms with Crippen LogP contribution in [0, 0.1) is 0 Å². The smallest absolute Gasteiger partial charge is 0.261 e. The molecule has 2 heterocycles. The molecule has 0 atom stereocenters. The lowest BCUT2D eigenvalue weighted by Crippen LogP contribution is -2.21. The van der Waals surface area contributed by atoms with E-state index in [1.807, 2.05) is 42.5 Å². The fraction of sp³-hybridized carbons (Fsp3) is 0.167. The summed E-state index contributed by atoms with van der Waals surface area (Å²) in [6, 6.07) is 22.1. The van der Waals surface area contributed by atoms with Crippen LogP contribution in [0.15, 0.2) is 66.7 Å². The lowest BCUT2D eigenvalue weighted by molar-refractivity contribution is 0.0955. The number of amides is 1. The first-order valence-electron chi connectivity index (χ1n) is 9.57. The van der Waals surface area contributed by atoms with Gasteiger partial charge in [-0.25, -0.2) is 4.98 Å². The number of methoxy groups -OCH3 is 1. The highest BCUT2D eigenvalue weighted by molar-refractivity contribution is 7.20. The number of nitrogens with one attached hydrogen (secondary N) is 1. The normalized spacial score (nSPS) is 10.8. The SMILES string of the molecule is CCc1ccc(-c2ccc3cc(C(=O)NCc4cccc(OC)c4)sc3n2)cc1. The molecule has 0 radical (unpaired) electrons. The maximum absolute atomic E-state index is 12.6. The number of carbonyl (C=O) groups excluding carboxylic acids is 1. The van der Waals surface area contributed by atoms with Gasteiger partial charge in [-0.2, -0.15) is 0 Å². The Labute approximate surface area is 174 Å². The van der Waals surface area contributed by atoms with Crippen molar-refractivity contribution in [2.24, 2.45) is 0 Å². The van der Waals surface area contributed by atoms with E-state index in [0.29, 0.717) is 11.4 Å². The molecule has 0 saturated carbocycles. The molecule has 1 N–H and O–H groups in total. The van der Waals surface area contributed by atoms with Gasteiger partial charge in [0.15, 0.2) is 0 Å². The molecule has 0 aliphatic carbocycles. The van der Waals surface area contributed by atoms with Crippen LogP contribution < -0.4 is 10.1 Å². The molecule has 4 nitrogen and oxygen atoms in total. The molecule has 0 saturated heterocycles. The fourth-order valence-electron chi connectivity index (χ4n) is 3.15. The van der Waals surface area contributed by atoms with Crippen molar-refractivity contribution in [3.63, 3.8) is 0 Å². The number of fused-ring (bicyclic) bond motifs is 1. The van der Waals surface area contributed by atoms with Crippen LogP contribution in [-0.2, 0) is 13.0 Å². The van der Waals surface area contributed by atoms with Crippen molar-refractivity contribution in [3.05, 3.63) is 82.7 Å². The zero-order chi connectivity index (χ0) is 20.2. The molecule has 4 rings (SSSR count). The van der Waals surface area contributed by atoms with E-state index in [4.69, 9.17) is 9.72 Å². The predicted molar refractivity (Wildman–Crippen MR) is 119 cm³/mol. The number of hydrogen-bond acceptors (Lipinski definition) is 4. The van der Waals surface area contributed by atoms with Gasteiger partial charge < -0.3 is 10.1 Å². The number of benzene rings is 2. The minimum atomic E-state index is -0.0929. The highest BCUT2D eigenvalue weighted by Gasteiger charge is 2.12. The average Bonchev–Trinajstić information content (AvgIpc) is 3.21. The molecule has 0 fully saturated rings. The van der Waals surface area contributed by atoms with Gasteiger partial charge in [0.25, 0.3) is 5.91 Å². The Morgan fingerprint density at radius 3 is 2.62 bits per heavy atom. The maximum Gasteiger partial charge on any atom is 0.261 e. The van der Waals surface area contributed by atoms with Crippen molar-refractivity contribution in [2.45, 2.75) is 19.9 Å². The Morgan fingerprint density at radius 2 is 1.86 bits per heavy atom. The van der Waals surface area contributed by atoms with Crippen molar-refractivity contribution in [1.29, 1.82) is 0 Å². The van der Waals surface area contributed by atoms with Crippen LogP contribution in [0.5, 0.6) is 5.75 Å². The van der Waals surface area contributed by atoms with Gasteiger partial charge in [0, 0.05) is 17.5 Å². The molecule has 29 heavy (non-hydrogen) atoms. The Kier molecular flexibility index (Phi) is 5.58. The number of carbonyl (C=O) groups is 1. The first kappa shape index (κ1) is 19.2. The van der Waals surface area contributed by atoms with E-state index in [0.717, 1.165) is 39.2 Å². The molecule has 0 spiro atoms. The van der Waals surface area contributed by atoms with Gasteiger partial charge in [-0.15, -0.1) is 11.3 Å². The minimum absolute atomic E-state index is 0.0929. The Morgan fingerprint density at radius 1 is 1.03 bits per heavy atom. The van der Waals surface area contributed by atoms with Gasteiger partial charge in [0.1, 0.15) is 10.6 Å². The minimum Gasteiger partial charge on any atom is -0.497 e. The molecule has 0 aliphatic rings. The number of rotatable bonds is 6. The first-order valence-corrected chi connectivity index (χ1v) is 10.4. The lowest BCUT2D eigenvalue weighted by atomic mass is 10.1. The molecule has 2 aromatic carbocycles. The van der Waals surface area contributed by atoms with E-state index >= 15 is 0 Å². The summed E-state index contributed by atoms with van der Waals surface area (Å²) in [5, 5.41) is 3.96. The van der Waals surface area contributed by atoms with E-state index in [2.05, 4.69) is 36.5 Å². The molecule has 146 valence electrons. The number of aromatic nitrogens is 1. The standard InChI is InChI=1S/C24H22N2O2S/c1-3-16-7-9-18(10-8-16)21-12-11-19-14-22(29-24(19)26-21)23(27)25-15-17-5-4-6-20(13-17)28-2/h4-14H,3,15H2,1-2H3,(H,25,27). The van der Waals surface area contributed by atoms with Gasteiger partial charge >= 0.3 is 0 Å². The van der Waals surface area contributed by atoms with Gasteiger partial charge in [-0.3, -0.25) is 4.79 Å². The highest BCUT2D eigenvalue weighted by atomic mass is 32.1. The maximum atomic E-state index is 12.6. The highest BCUT2D eigenvalue weighted by Crippen LogP contribution is 2.28. The van der Waals surface area contributed by atoms with Crippen molar-refractivity contribution in [1.82, 2.24) is 10.3 Å². The van der Waals surface area contributed by atoms with E-state index in [9.17, 15) is 4.79 Å². The first-order chi connectivity index (χ1) is 14.2. The number of pyridine rings is 1. The zero-order valence-electron chi connectivity index (χ0n) is 16.4. The number of hydrogen-bond donors (Lipinski definition) is 1. The van der Waals surface area contributed by atoms with Crippen molar-refractivity contribution in [2.75, 3.05) is 7.11 Å². The Hall–Kier alpha value is -3.18. The van der Waals surface area contributed by atoms with Crippen molar-refractivity contribution < 1.29 is 9.53 Å². The van der Waals surface area contributed by atoms with Crippen LogP contribution in [-0.4, -0.2) is 18.0 Å². The molecular weight excluding hydrogens is 380 g/mol. The molecule has 5 heteroatoms. The van der Waals surface area contributed by atoms with Gasteiger partial charge in [-0.05, 0) is 47.9 Å². The lowest BCUT2D eigenvalue weighted by Gasteiger charge is -2.05. The van der Waals surface area contributed by atoms with Crippen LogP contribution in [0.25, 0.3) is 21.5 Å².